The van der Waals surface area contributed by atoms with Crippen molar-refractivity contribution >= 4 is 16.8 Å². The van der Waals surface area contributed by atoms with Crippen molar-refractivity contribution in [2.75, 3.05) is 6.54 Å². The minimum atomic E-state index is -0.247. The van der Waals surface area contributed by atoms with Crippen LogP contribution in [0.1, 0.15) is 42.1 Å². The first-order chi connectivity index (χ1) is 12.2. The van der Waals surface area contributed by atoms with Gasteiger partial charge in [-0.3, -0.25) is 4.79 Å². The smallest absolute Gasteiger partial charge is 0.230 e. The summed E-state index contributed by atoms with van der Waals surface area (Å²) in [5.74, 6) is 0.467. The molecule has 0 unspecified atom stereocenters. The maximum atomic E-state index is 12.6. The number of amides is 1. The SMILES string of the molecule is Cc1cccc2c(CCNC(=O)[C@H]3CCCCn4nnnc43)c[nH]c12. The van der Waals surface area contributed by atoms with E-state index in [2.05, 4.69) is 50.9 Å². The van der Waals surface area contributed by atoms with Crippen molar-refractivity contribution in [3.05, 3.63) is 41.3 Å². The molecule has 0 spiro atoms. The number of H-pyrrole nitrogens is 1. The molecule has 1 atom stereocenters. The van der Waals surface area contributed by atoms with Gasteiger partial charge in [0, 0.05) is 30.2 Å². The van der Waals surface area contributed by atoms with Crippen molar-refractivity contribution in [2.24, 2.45) is 0 Å². The molecule has 0 bridgehead atoms. The molecule has 25 heavy (non-hydrogen) atoms. The fourth-order valence-electron chi connectivity index (χ4n) is 3.62. The number of tetrazole rings is 1. The highest BCUT2D eigenvalue weighted by Gasteiger charge is 2.28. The van der Waals surface area contributed by atoms with Gasteiger partial charge in [0.25, 0.3) is 0 Å². The van der Waals surface area contributed by atoms with Crippen LogP contribution in [0.3, 0.4) is 0 Å². The number of aromatic nitrogens is 5. The molecule has 3 aromatic rings. The second-order valence-electron chi connectivity index (χ2n) is 6.66. The molecular formula is C18H22N6O. The van der Waals surface area contributed by atoms with Crippen LogP contribution in [0.2, 0.25) is 0 Å². The van der Waals surface area contributed by atoms with E-state index in [-0.39, 0.29) is 11.8 Å². The molecular weight excluding hydrogens is 316 g/mol. The highest BCUT2D eigenvalue weighted by molar-refractivity contribution is 5.86. The average Bonchev–Trinajstić information content (AvgIpc) is 3.19. The van der Waals surface area contributed by atoms with Crippen LogP contribution in [0.25, 0.3) is 10.9 Å². The van der Waals surface area contributed by atoms with E-state index in [9.17, 15) is 4.79 Å². The molecule has 0 aliphatic carbocycles. The lowest BCUT2D eigenvalue weighted by atomic mass is 10.0. The van der Waals surface area contributed by atoms with E-state index in [0.717, 1.165) is 32.2 Å². The molecule has 1 aliphatic heterocycles. The van der Waals surface area contributed by atoms with Gasteiger partial charge in [-0.1, -0.05) is 24.6 Å². The quantitative estimate of drug-likeness (QED) is 0.762. The largest absolute Gasteiger partial charge is 0.361 e. The number of carbonyl (C=O) groups excluding carboxylic acids is 1. The Labute approximate surface area is 145 Å². The van der Waals surface area contributed by atoms with Crippen molar-refractivity contribution in [3.8, 4) is 0 Å². The zero-order valence-corrected chi connectivity index (χ0v) is 14.3. The Morgan fingerprint density at radius 2 is 2.32 bits per heavy atom. The van der Waals surface area contributed by atoms with Gasteiger partial charge >= 0.3 is 0 Å². The van der Waals surface area contributed by atoms with Gasteiger partial charge < -0.3 is 10.3 Å². The molecule has 7 heteroatoms. The number of benzene rings is 1. The Morgan fingerprint density at radius 1 is 1.40 bits per heavy atom. The number of carbonyl (C=O) groups is 1. The van der Waals surface area contributed by atoms with Crippen LogP contribution < -0.4 is 5.32 Å². The van der Waals surface area contributed by atoms with Crippen molar-refractivity contribution in [3.63, 3.8) is 0 Å². The normalized spacial score (nSPS) is 17.2. The maximum absolute atomic E-state index is 12.6. The van der Waals surface area contributed by atoms with Gasteiger partial charge in [0.1, 0.15) is 0 Å². The van der Waals surface area contributed by atoms with E-state index >= 15 is 0 Å². The molecule has 130 valence electrons. The fraction of sp³-hybridized carbons (Fsp3) is 0.444. The van der Waals surface area contributed by atoms with E-state index in [1.807, 2.05) is 6.20 Å². The first-order valence-electron chi connectivity index (χ1n) is 8.83. The van der Waals surface area contributed by atoms with E-state index in [0.29, 0.717) is 12.4 Å². The molecule has 1 aliphatic rings. The Balaban J connectivity index is 1.42. The molecule has 0 fully saturated rings. The maximum Gasteiger partial charge on any atom is 0.230 e. The number of hydrogen-bond acceptors (Lipinski definition) is 4. The molecule has 0 saturated carbocycles. The number of aromatic amines is 1. The van der Waals surface area contributed by atoms with E-state index < -0.39 is 0 Å². The standard InChI is InChI=1S/C18H22N6O/c1-12-5-4-7-14-13(11-20-16(12)14)8-9-19-18(25)15-6-2-3-10-24-17(15)21-22-23-24/h4-5,7,11,15,20H,2-3,6,8-10H2,1H3,(H,19,25)/t15-/m0/s1. The van der Waals surface area contributed by atoms with Gasteiger partial charge in [0.15, 0.2) is 5.82 Å². The van der Waals surface area contributed by atoms with Crippen LogP contribution in [0.15, 0.2) is 24.4 Å². The Morgan fingerprint density at radius 3 is 3.24 bits per heavy atom. The first-order valence-corrected chi connectivity index (χ1v) is 8.83. The summed E-state index contributed by atoms with van der Waals surface area (Å²) in [6.45, 7) is 3.50. The summed E-state index contributed by atoms with van der Waals surface area (Å²) in [6, 6.07) is 6.29. The monoisotopic (exact) mass is 338 g/mol. The number of rotatable bonds is 4. The van der Waals surface area contributed by atoms with Gasteiger partial charge in [-0.25, -0.2) is 4.68 Å². The van der Waals surface area contributed by atoms with Crippen molar-refractivity contribution < 1.29 is 4.79 Å². The lowest BCUT2D eigenvalue weighted by molar-refractivity contribution is -0.122. The Hall–Kier alpha value is -2.70. The summed E-state index contributed by atoms with van der Waals surface area (Å²) in [6.07, 6.45) is 5.66. The zero-order chi connectivity index (χ0) is 17.2. The van der Waals surface area contributed by atoms with E-state index in [4.69, 9.17) is 0 Å². The highest BCUT2D eigenvalue weighted by atomic mass is 16.1. The van der Waals surface area contributed by atoms with Gasteiger partial charge in [0.2, 0.25) is 5.91 Å². The molecule has 0 saturated heterocycles. The van der Waals surface area contributed by atoms with Crippen LogP contribution in [-0.2, 0) is 17.8 Å². The second-order valence-corrected chi connectivity index (χ2v) is 6.66. The van der Waals surface area contributed by atoms with E-state index in [1.54, 1.807) is 4.68 Å². The third kappa shape index (κ3) is 3.01. The molecule has 1 amide bonds. The number of para-hydroxylation sites is 1. The molecule has 1 aromatic carbocycles. The summed E-state index contributed by atoms with van der Waals surface area (Å²) in [7, 11) is 0. The molecule has 3 heterocycles. The number of nitrogens with one attached hydrogen (secondary N) is 2. The first kappa shape index (κ1) is 15.8. The summed E-state index contributed by atoms with van der Waals surface area (Å²) in [4.78, 5) is 16.0. The zero-order valence-electron chi connectivity index (χ0n) is 14.3. The molecule has 2 N–H and O–H groups in total. The molecule has 4 rings (SSSR count). The minimum absolute atomic E-state index is 0.0222. The average molecular weight is 338 g/mol. The number of nitrogens with zero attached hydrogens (tertiary/aromatic N) is 4. The second kappa shape index (κ2) is 6.66. The highest BCUT2D eigenvalue weighted by Crippen LogP contribution is 2.24. The van der Waals surface area contributed by atoms with Crippen LogP contribution in [0, 0.1) is 6.92 Å². The Bertz CT molecular complexity index is 896. The predicted molar refractivity (Wildman–Crippen MR) is 94.2 cm³/mol. The van der Waals surface area contributed by atoms with Crippen molar-refractivity contribution in [1.29, 1.82) is 0 Å². The van der Waals surface area contributed by atoms with Crippen molar-refractivity contribution in [2.45, 2.75) is 45.1 Å². The van der Waals surface area contributed by atoms with Crippen LogP contribution >= 0.6 is 0 Å². The fourth-order valence-corrected chi connectivity index (χ4v) is 3.62. The summed E-state index contributed by atoms with van der Waals surface area (Å²) in [5, 5.41) is 16.1. The number of hydrogen-bond donors (Lipinski definition) is 2. The van der Waals surface area contributed by atoms with Gasteiger partial charge in [-0.05, 0) is 47.7 Å². The minimum Gasteiger partial charge on any atom is -0.361 e. The van der Waals surface area contributed by atoms with Gasteiger partial charge in [0.05, 0.1) is 5.92 Å². The lowest BCUT2D eigenvalue weighted by Crippen LogP contribution is -2.32. The summed E-state index contributed by atoms with van der Waals surface area (Å²) < 4.78 is 1.76. The third-order valence-corrected chi connectivity index (χ3v) is 5.00. The summed E-state index contributed by atoms with van der Waals surface area (Å²) >= 11 is 0. The summed E-state index contributed by atoms with van der Waals surface area (Å²) in [5.41, 5.74) is 3.63. The number of aryl methyl sites for hydroxylation is 2. The molecule has 2 aromatic heterocycles. The van der Waals surface area contributed by atoms with Crippen molar-refractivity contribution in [1.82, 2.24) is 30.5 Å². The van der Waals surface area contributed by atoms with E-state index in [1.165, 1.54) is 22.0 Å². The van der Waals surface area contributed by atoms with Crippen LogP contribution in [-0.4, -0.2) is 37.6 Å². The number of fused-ring (bicyclic) bond motifs is 2. The van der Waals surface area contributed by atoms with Crippen LogP contribution in [0.4, 0.5) is 0 Å². The van der Waals surface area contributed by atoms with Gasteiger partial charge in [-0.2, -0.15) is 0 Å². The van der Waals surface area contributed by atoms with Gasteiger partial charge in [-0.15, -0.1) is 5.10 Å². The predicted octanol–water partition coefficient (Wildman–Crippen LogP) is 2.09. The third-order valence-electron chi connectivity index (χ3n) is 5.00. The molecule has 7 nitrogen and oxygen atoms in total. The van der Waals surface area contributed by atoms with Crippen LogP contribution in [0.5, 0.6) is 0 Å². The lowest BCUT2D eigenvalue weighted by Gasteiger charge is -2.13. The Kier molecular flexibility index (Phi) is 4.21. The topological polar surface area (TPSA) is 88.5 Å². The molecule has 0 radical (unpaired) electrons.